The summed E-state index contributed by atoms with van der Waals surface area (Å²) >= 11 is 0. The second-order valence-electron chi connectivity index (χ2n) is 3.35. The molecule has 3 nitrogen and oxygen atoms in total. The Balaban J connectivity index is 2.17. The lowest BCUT2D eigenvalue weighted by atomic mass is 10.1. The minimum Gasteiger partial charge on any atom is -0.370 e. The SMILES string of the molecule is NC(=O)CCNCCc1cccc(F)c1. The van der Waals surface area contributed by atoms with Gasteiger partial charge in [-0.3, -0.25) is 4.79 Å². The predicted octanol–water partition coefficient (Wildman–Crippen LogP) is 0.833. The number of nitrogens with one attached hydrogen (secondary N) is 1. The number of rotatable bonds is 6. The molecule has 0 fully saturated rings. The molecule has 0 spiro atoms. The van der Waals surface area contributed by atoms with E-state index in [1.54, 1.807) is 6.07 Å². The molecule has 0 saturated heterocycles. The van der Waals surface area contributed by atoms with E-state index >= 15 is 0 Å². The monoisotopic (exact) mass is 210 g/mol. The van der Waals surface area contributed by atoms with Crippen molar-refractivity contribution in [2.45, 2.75) is 12.8 Å². The van der Waals surface area contributed by atoms with Crippen LogP contribution < -0.4 is 11.1 Å². The molecule has 1 rings (SSSR count). The van der Waals surface area contributed by atoms with Crippen LogP contribution in [-0.4, -0.2) is 19.0 Å². The third-order valence-electron chi connectivity index (χ3n) is 2.03. The lowest BCUT2D eigenvalue weighted by Crippen LogP contribution is -2.23. The van der Waals surface area contributed by atoms with Crippen LogP contribution in [0.5, 0.6) is 0 Å². The Kier molecular flexibility index (Phi) is 4.77. The van der Waals surface area contributed by atoms with Gasteiger partial charge < -0.3 is 11.1 Å². The van der Waals surface area contributed by atoms with Crippen molar-refractivity contribution < 1.29 is 9.18 Å². The first kappa shape index (κ1) is 11.7. The van der Waals surface area contributed by atoms with Gasteiger partial charge in [0.25, 0.3) is 0 Å². The van der Waals surface area contributed by atoms with Crippen LogP contribution in [0.25, 0.3) is 0 Å². The highest BCUT2D eigenvalue weighted by molar-refractivity contribution is 5.73. The Morgan fingerprint density at radius 1 is 1.40 bits per heavy atom. The summed E-state index contributed by atoms with van der Waals surface area (Å²) in [5, 5.41) is 3.06. The van der Waals surface area contributed by atoms with Gasteiger partial charge in [0.2, 0.25) is 5.91 Å². The van der Waals surface area contributed by atoms with Crippen molar-refractivity contribution >= 4 is 5.91 Å². The number of hydrogen-bond acceptors (Lipinski definition) is 2. The van der Waals surface area contributed by atoms with E-state index in [4.69, 9.17) is 5.73 Å². The summed E-state index contributed by atoms with van der Waals surface area (Å²) < 4.78 is 12.8. The van der Waals surface area contributed by atoms with E-state index in [9.17, 15) is 9.18 Å². The highest BCUT2D eigenvalue weighted by atomic mass is 19.1. The average Bonchev–Trinajstić information content (AvgIpc) is 2.17. The van der Waals surface area contributed by atoms with Crippen LogP contribution in [0.4, 0.5) is 4.39 Å². The summed E-state index contributed by atoms with van der Waals surface area (Å²) in [6, 6.07) is 6.49. The fourth-order valence-electron chi connectivity index (χ4n) is 1.26. The van der Waals surface area contributed by atoms with Crippen LogP contribution in [0.2, 0.25) is 0 Å². The van der Waals surface area contributed by atoms with E-state index in [1.807, 2.05) is 6.07 Å². The van der Waals surface area contributed by atoms with Gasteiger partial charge in [-0.25, -0.2) is 4.39 Å². The van der Waals surface area contributed by atoms with Crippen molar-refractivity contribution in [3.63, 3.8) is 0 Å². The van der Waals surface area contributed by atoms with Gasteiger partial charge >= 0.3 is 0 Å². The van der Waals surface area contributed by atoms with Gasteiger partial charge in [-0.05, 0) is 30.7 Å². The first-order chi connectivity index (χ1) is 7.18. The largest absolute Gasteiger partial charge is 0.370 e. The molecule has 1 aromatic rings. The summed E-state index contributed by atoms with van der Waals surface area (Å²) in [6.45, 7) is 1.29. The summed E-state index contributed by atoms with van der Waals surface area (Å²) in [5.41, 5.74) is 5.92. The second-order valence-corrected chi connectivity index (χ2v) is 3.35. The van der Waals surface area contributed by atoms with Crippen LogP contribution in [0, 0.1) is 5.82 Å². The Morgan fingerprint density at radius 2 is 2.20 bits per heavy atom. The molecule has 0 bridgehead atoms. The van der Waals surface area contributed by atoms with Crippen LogP contribution in [0.15, 0.2) is 24.3 Å². The molecule has 0 atom stereocenters. The maximum Gasteiger partial charge on any atom is 0.218 e. The van der Waals surface area contributed by atoms with Crippen molar-refractivity contribution in [1.29, 1.82) is 0 Å². The molecule has 0 aliphatic rings. The standard InChI is InChI=1S/C11H15FN2O/c12-10-3-1-2-9(8-10)4-6-14-7-5-11(13)15/h1-3,8,14H,4-7H2,(H2,13,15). The van der Waals surface area contributed by atoms with Gasteiger partial charge in [0.05, 0.1) is 0 Å². The Morgan fingerprint density at radius 3 is 2.87 bits per heavy atom. The second kappa shape index (κ2) is 6.14. The normalized spacial score (nSPS) is 10.2. The average molecular weight is 210 g/mol. The van der Waals surface area contributed by atoms with Crippen LogP contribution in [0.3, 0.4) is 0 Å². The van der Waals surface area contributed by atoms with Gasteiger partial charge in [-0.2, -0.15) is 0 Å². The first-order valence-corrected chi connectivity index (χ1v) is 4.92. The molecule has 0 radical (unpaired) electrons. The van der Waals surface area contributed by atoms with Gasteiger partial charge in [-0.15, -0.1) is 0 Å². The van der Waals surface area contributed by atoms with E-state index in [1.165, 1.54) is 12.1 Å². The van der Waals surface area contributed by atoms with Crippen LogP contribution >= 0.6 is 0 Å². The summed E-state index contributed by atoms with van der Waals surface area (Å²) in [7, 11) is 0. The molecule has 1 aromatic carbocycles. The predicted molar refractivity (Wildman–Crippen MR) is 56.8 cm³/mol. The molecule has 0 aliphatic heterocycles. The van der Waals surface area contributed by atoms with Gasteiger partial charge in [0.15, 0.2) is 0 Å². The molecule has 0 unspecified atom stereocenters. The molecule has 15 heavy (non-hydrogen) atoms. The van der Waals surface area contributed by atoms with E-state index in [2.05, 4.69) is 5.32 Å². The molecule has 0 saturated carbocycles. The van der Waals surface area contributed by atoms with Crippen molar-refractivity contribution in [3.8, 4) is 0 Å². The fourth-order valence-corrected chi connectivity index (χ4v) is 1.26. The third-order valence-corrected chi connectivity index (χ3v) is 2.03. The van der Waals surface area contributed by atoms with Gasteiger partial charge in [-0.1, -0.05) is 12.1 Å². The van der Waals surface area contributed by atoms with E-state index in [-0.39, 0.29) is 11.7 Å². The smallest absolute Gasteiger partial charge is 0.218 e. The molecule has 1 amide bonds. The van der Waals surface area contributed by atoms with Crippen LogP contribution in [-0.2, 0) is 11.2 Å². The molecule has 0 aromatic heterocycles. The number of primary amides is 1. The lowest BCUT2D eigenvalue weighted by molar-refractivity contribution is -0.117. The summed E-state index contributed by atoms with van der Waals surface area (Å²) in [4.78, 5) is 10.4. The first-order valence-electron chi connectivity index (χ1n) is 4.92. The van der Waals surface area contributed by atoms with Crippen molar-refractivity contribution in [2.75, 3.05) is 13.1 Å². The van der Waals surface area contributed by atoms with Gasteiger partial charge in [0, 0.05) is 13.0 Å². The third kappa shape index (κ3) is 5.12. The number of carbonyl (C=O) groups excluding carboxylic acids is 1. The lowest BCUT2D eigenvalue weighted by Gasteiger charge is -2.03. The highest BCUT2D eigenvalue weighted by Crippen LogP contribution is 2.03. The Labute approximate surface area is 88.5 Å². The number of hydrogen-bond donors (Lipinski definition) is 2. The molecule has 4 heteroatoms. The molecule has 82 valence electrons. The van der Waals surface area contributed by atoms with Crippen molar-refractivity contribution in [3.05, 3.63) is 35.6 Å². The fraction of sp³-hybridized carbons (Fsp3) is 0.364. The van der Waals surface area contributed by atoms with Crippen LogP contribution in [0.1, 0.15) is 12.0 Å². The molecule has 3 N–H and O–H groups in total. The minimum atomic E-state index is -0.312. The maximum atomic E-state index is 12.8. The molecular formula is C11H15FN2O. The van der Waals surface area contributed by atoms with E-state index in [0.29, 0.717) is 13.0 Å². The zero-order chi connectivity index (χ0) is 11.1. The minimum absolute atomic E-state index is 0.218. The van der Waals surface area contributed by atoms with E-state index < -0.39 is 0 Å². The zero-order valence-corrected chi connectivity index (χ0v) is 8.50. The zero-order valence-electron chi connectivity index (χ0n) is 8.50. The number of benzene rings is 1. The van der Waals surface area contributed by atoms with Crippen molar-refractivity contribution in [2.24, 2.45) is 5.73 Å². The number of amides is 1. The molecular weight excluding hydrogens is 195 g/mol. The van der Waals surface area contributed by atoms with E-state index in [0.717, 1.165) is 18.5 Å². The topological polar surface area (TPSA) is 55.1 Å². The molecule has 0 aliphatic carbocycles. The van der Waals surface area contributed by atoms with Gasteiger partial charge in [0.1, 0.15) is 5.82 Å². The summed E-state index contributed by atoms with van der Waals surface area (Å²) in [6.07, 6.45) is 1.08. The molecule has 0 heterocycles. The highest BCUT2D eigenvalue weighted by Gasteiger charge is 1.96. The Bertz CT molecular complexity index is 328. The van der Waals surface area contributed by atoms with Crippen molar-refractivity contribution in [1.82, 2.24) is 5.32 Å². The maximum absolute atomic E-state index is 12.8. The quantitative estimate of drug-likeness (QED) is 0.683. The number of nitrogens with two attached hydrogens (primary N) is 1. The number of halogens is 1. The number of carbonyl (C=O) groups is 1. The summed E-state index contributed by atoms with van der Waals surface area (Å²) in [5.74, 6) is -0.530. The Hall–Kier alpha value is -1.42.